The van der Waals surface area contributed by atoms with Crippen LogP contribution in [-0.2, 0) is 13.0 Å². The zero-order chi connectivity index (χ0) is 15.6. The van der Waals surface area contributed by atoms with Gasteiger partial charge in [-0.05, 0) is 12.5 Å². The Hall–Kier alpha value is -3.04. The minimum atomic E-state index is -0.679. The highest BCUT2D eigenvalue weighted by atomic mass is 16.6. The zero-order valence-electron chi connectivity index (χ0n) is 11.1. The summed E-state index contributed by atoms with van der Waals surface area (Å²) in [6.07, 6.45) is 0.569. The summed E-state index contributed by atoms with van der Waals surface area (Å²) in [6.45, 7) is 1.93. The number of nitrogens with two attached hydrogens (primary N) is 1. The Morgan fingerprint density at radius 2 is 2.00 bits per heavy atom. The predicted octanol–water partition coefficient (Wildman–Crippen LogP) is 1.29. The molecule has 0 aliphatic heterocycles. The predicted molar refractivity (Wildman–Crippen MR) is 72.7 cm³/mol. The average Bonchev–Trinajstić information content (AvgIpc) is 2.78. The molecule has 1 aromatic carbocycles. The Labute approximate surface area is 118 Å². The van der Waals surface area contributed by atoms with Gasteiger partial charge >= 0.3 is 0 Å². The van der Waals surface area contributed by atoms with Gasteiger partial charge in [0.2, 0.25) is 0 Å². The molecule has 0 aliphatic rings. The minimum Gasteiger partial charge on any atom is -0.381 e. The Kier molecular flexibility index (Phi) is 3.78. The molecule has 0 unspecified atom stereocenters. The Balaban J connectivity index is 2.44. The number of hydrogen-bond acceptors (Lipinski definition) is 7. The van der Waals surface area contributed by atoms with E-state index in [-0.39, 0.29) is 23.7 Å². The van der Waals surface area contributed by atoms with E-state index in [4.69, 9.17) is 5.73 Å². The molecule has 0 bridgehead atoms. The van der Waals surface area contributed by atoms with Gasteiger partial charge in [-0.3, -0.25) is 20.2 Å². The highest BCUT2D eigenvalue weighted by Crippen LogP contribution is 2.25. The van der Waals surface area contributed by atoms with Gasteiger partial charge in [0, 0.05) is 6.07 Å². The van der Waals surface area contributed by atoms with Gasteiger partial charge in [0.15, 0.2) is 5.82 Å². The number of anilines is 1. The summed E-state index contributed by atoms with van der Waals surface area (Å²) in [5, 5.41) is 29.3. The molecule has 2 N–H and O–H groups in total. The lowest BCUT2D eigenvalue weighted by molar-refractivity contribution is -0.394. The third-order valence-corrected chi connectivity index (χ3v) is 3.00. The molecule has 2 rings (SSSR count). The third-order valence-electron chi connectivity index (χ3n) is 3.00. The SMILES string of the molecule is CCc1c(N)nnn1Cc1ccc([N+](=O)[O-])cc1[N+](=O)[O-]. The number of nitrogen functional groups attached to an aromatic ring is 1. The normalized spacial score (nSPS) is 10.5. The largest absolute Gasteiger partial charge is 0.381 e. The smallest absolute Gasteiger partial charge is 0.281 e. The van der Waals surface area contributed by atoms with Crippen molar-refractivity contribution in [1.29, 1.82) is 0 Å². The van der Waals surface area contributed by atoms with Gasteiger partial charge in [-0.2, -0.15) is 0 Å². The fraction of sp³-hybridized carbons (Fsp3) is 0.273. The first-order valence-corrected chi connectivity index (χ1v) is 6.03. The summed E-state index contributed by atoms with van der Waals surface area (Å²) < 4.78 is 1.45. The number of nitrogens with zero attached hydrogens (tertiary/aromatic N) is 5. The fourth-order valence-corrected chi connectivity index (χ4v) is 1.97. The summed E-state index contributed by atoms with van der Waals surface area (Å²) in [4.78, 5) is 20.4. The van der Waals surface area contributed by atoms with Crippen molar-refractivity contribution < 1.29 is 9.85 Å². The fourth-order valence-electron chi connectivity index (χ4n) is 1.97. The summed E-state index contributed by atoms with van der Waals surface area (Å²) >= 11 is 0. The van der Waals surface area contributed by atoms with Crippen LogP contribution < -0.4 is 5.73 Å². The van der Waals surface area contributed by atoms with Crippen LogP contribution in [0, 0.1) is 20.2 Å². The van der Waals surface area contributed by atoms with Crippen LogP contribution in [0.1, 0.15) is 18.2 Å². The number of nitro benzene ring substituents is 2. The van der Waals surface area contributed by atoms with E-state index >= 15 is 0 Å². The molecule has 1 heterocycles. The van der Waals surface area contributed by atoms with Crippen molar-refractivity contribution in [3.05, 3.63) is 49.7 Å². The van der Waals surface area contributed by atoms with E-state index in [1.165, 1.54) is 16.8 Å². The Bertz CT molecular complexity index is 711. The van der Waals surface area contributed by atoms with Gasteiger partial charge in [0.25, 0.3) is 11.4 Å². The van der Waals surface area contributed by atoms with E-state index in [1.54, 1.807) is 0 Å². The molecule has 0 saturated heterocycles. The minimum absolute atomic E-state index is 0.0711. The molecule has 0 atom stereocenters. The van der Waals surface area contributed by atoms with Gasteiger partial charge in [0.1, 0.15) is 0 Å². The molecular formula is C11H12N6O4. The molecule has 1 aromatic heterocycles. The van der Waals surface area contributed by atoms with Crippen LogP contribution >= 0.6 is 0 Å². The summed E-state index contributed by atoms with van der Waals surface area (Å²) in [6, 6.07) is 3.49. The number of nitro groups is 2. The van der Waals surface area contributed by atoms with Crippen LogP contribution in [0.15, 0.2) is 18.2 Å². The van der Waals surface area contributed by atoms with Gasteiger partial charge in [-0.15, -0.1) is 5.10 Å². The lowest BCUT2D eigenvalue weighted by Crippen LogP contribution is -2.09. The first-order valence-electron chi connectivity index (χ1n) is 6.03. The van der Waals surface area contributed by atoms with Crippen molar-refractivity contribution in [2.24, 2.45) is 0 Å². The van der Waals surface area contributed by atoms with Crippen LogP contribution in [0.4, 0.5) is 17.2 Å². The molecule has 2 aromatic rings. The number of rotatable bonds is 5. The van der Waals surface area contributed by atoms with Crippen LogP contribution in [-0.4, -0.2) is 24.8 Å². The first-order chi connectivity index (χ1) is 9.93. The van der Waals surface area contributed by atoms with Crippen LogP contribution in [0.25, 0.3) is 0 Å². The maximum Gasteiger partial charge on any atom is 0.281 e. The van der Waals surface area contributed by atoms with Gasteiger partial charge in [-0.25, -0.2) is 4.68 Å². The van der Waals surface area contributed by atoms with Crippen molar-refractivity contribution >= 4 is 17.2 Å². The van der Waals surface area contributed by atoms with Crippen molar-refractivity contribution in [2.75, 3.05) is 5.73 Å². The maximum absolute atomic E-state index is 11.1. The highest BCUT2D eigenvalue weighted by Gasteiger charge is 2.21. The van der Waals surface area contributed by atoms with E-state index in [1.807, 2.05) is 6.92 Å². The lowest BCUT2D eigenvalue weighted by Gasteiger charge is -2.06. The highest BCUT2D eigenvalue weighted by molar-refractivity contribution is 5.49. The second-order valence-corrected chi connectivity index (χ2v) is 4.26. The molecule has 10 heteroatoms. The van der Waals surface area contributed by atoms with Crippen molar-refractivity contribution in [3.8, 4) is 0 Å². The van der Waals surface area contributed by atoms with E-state index in [2.05, 4.69) is 10.3 Å². The van der Waals surface area contributed by atoms with Crippen LogP contribution in [0.2, 0.25) is 0 Å². The van der Waals surface area contributed by atoms with E-state index in [0.717, 1.165) is 6.07 Å². The molecule has 0 amide bonds. The standard InChI is InChI=1S/C11H12N6O4/c1-2-9-11(12)13-14-15(9)6-7-3-4-8(16(18)19)5-10(7)17(20)21/h3-5H,2,6,12H2,1H3. The molecule has 0 aliphatic carbocycles. The van der Waals surface area contributed by atoms with Crippen molar-refractivity contribution in [1.82, 2.24) is 15.0 Å². The van der Waals surface area contributed by atoms with Gasteiger partial charge in [-0.1, -0.05) is 12.1 Å². The molecule has 0 radical (unpaired) electrons. The summed E-state index contributed by atoms with van der Waals surface area (Å²) in [5.41, 5.74) is 5.93. The van der Waals surface area contributed by atoms with Gasteiger partial charge < -0.3 is 5.73 Å². The van der Waals surface area contributed by atoms with Crippen LogP contribution in [0.3, 0.4) is 0 Å². The van der Waals surface area contributed by atoms with Crippen molar-refractivity contribution in [3.63, 3.8) is 0 Å². The topological polar surface area (TPSA) is 143 Å². The molecule has 0 fully saturated rings. The Morgan fingerprint density at radius 1 is 1.29 bits per heavy atom. The Morgan fingerprint density at radius 3 is 2.57 bits per heavy atom. The van der Waals surface area contributed by atoms with E-state index in [0.29, 0.717) is 17.7 Å². The lowest BCUT2D eigenvalue weighted by atomic mass is 10.1. The number of aromatic nitrogens is 3. The first kappa shape index (κ1) is 14.4. The molecular weight excluding hydrogens is 280 g/mol. The molecule has 21 heavy (non-hydrogen) atoms. The van der Waals surface area contributed by atoms with E-state index < -0.39 is 9.85 Å². The zero-order valence-corrected chi connectivity index (χ0v) is 11.1. The molecule has 10 nitrogen and oxygen atoms in total. The molecule has 110 valence electrons. The maximum atomic E-state index is 11.1. The third kappa shape index (κ3) is 2.78. The quantitative estimate of drug-likeness (QED) is 0.645. The average molecular weight is 292 g/mol. The molecule has 0 spiro atoms. The monoisotopic (exact) mass is 292 g/mol. The van der Waals surface area contributed by atoms with E-state index in [9.17, 15) is 20.2 Å². The number of hydrogen-bond donors (Lipinski definition) is 1. The van der Waals surface area contributed by atoms with Gasteiger partial charge in [0.05, 0.1) is 33.7 Å². The number of benzene rings is 1. The van der Waals surface area contributed by atoms with Crippen molar-refractivity contribution in [2.45, 2.75) is 19.9 Å². The molecule has 0 saturated carbocycles. The van der Waals surface area contributed by atoms with Crippen LogP contribution in [0.5, 0.6) is 0 Å². The second-order valence-electron chi connectivity index (χ2n) is 4.26. The summed E-state index contributed by atoms with van der Waals surface area (Å²) in [5.74, 6) is 0.266. The second kappa shape index (κ2) is 5.53. The number of non-ortho nitro benzene ring substituents is 1. The summed E-state index contributed by atoms with van der Waals surface area (Å²) in [7, 11) is 0.